The van der Waals surface area contributed by atoms with Crippen LogP contribution in [0.3, 0.4) is 0 Å². The minimum absolute atomic E-state index is 0.0810. The summed E-state index contributed by atoms with van der Waals surface area (Å²) in [5, 5.41) is 0. The van der Waals surface area contributed by atoms with Gasteiger partial charge in [0.1, 0.15) is 0 Å². The maximum Gasteiger partial charge on any atom is 0.254 e. The number of likely N-dealkylation sites (tertiary alicyclic amines) is 1. The zero-order valence-electron chi connectivity index (χ0n) is 11.6. The third-order valence-electron chi connectivity index (χ3n) is 3.90. The van der Waals surface area contributed by atoms with Crippen LogP contribution in [0.4, 0.5) is 5.69 Å². The number of carbonyl (C=O) groups excluding carboxylic acids is 1. The first-order chi connectivity index (χ1) is 10.1. The van der Waals surface area contributed by atoms with E-state index in [-0.39, 0.29) is 11.9 Å². The van der Waals surface area contributed by atoms with Gasteiger partial charge in [-0.15, -0.1) is 0 Å². The molecule has 3 nitrogen and oxygen atoms in total. The van der Waals surface area contributed by atoms with Crippen LogP contribution in [0.1, 0.15) is 34.8 Å². The highest BCUT2D eigenvalue weighted by atomic mass is 79.9. The predicted molar refractivity (Wildman–Crippen MR) is 88.0 cm³/mol. The van der Waals surface area contributed by atoms with Gasteiger partial charge in [-0.25, -0.2) is 0 Å². The Balaban J connectivity index is 1.87. The molecule has 0 radical (unpaired) electrons. The molecule has 2 N–H and O–H groups in total. The topological polar surface area (TPSA) is 46.3 Å². The summed E-state index contributed by atoms with van der Waals surface area (Å²) in [6.45, 7) is 0.806. The van der Waals surface area contributed by atoms with E-state index in [0.717, 1.165) is 23.9 Å². The number of rotatable bonds is 2. The van der Waals surface area contributed by atoms with Crippen molar-refractivity contribution in [2.75, 3.05) is 12.3 Å². The second kappa shape index (κ2) is 5.90. The normalized spacial score (nSPS) is 18.0. The second-order valence-electron chi connectivity index (χ2n) is 5.33. The van der Waals surface area contributed by atoms with E-state index < -0.39 is 0 Å². The van der Waals surface area contributed by atoms with Crippen LogP contribution in [0.5, 0.6) is 0 Å². The number of nitrogens with two attached hydrogens (primary N) is 1. The Bertz CT molecular complexity index is 654. The fraction of sp³-hybridized carbons (Fsp3) is 0.235. The molecule has 0 aromatic heterocycles. The molecule has 4 heteroatoms. The maximum absolute atomic E-state index is 12.7. The molecule has 1 aliphatic rings. The van der Waals surface area contributed by atoms with Gasteiger partial charge < -0.3 is 10.6 Å². The van der Waals surface area contributed by atoms with Crippen molar-refractivity contribution in [3.05, 3.63) is 64.1 Å². The summed E-state index contributed by atoms with van der Waals surface area (Å²) in [5.41, 5.74) is 8.25. The molecule has 1 heterocycles. The van der Waals surface area contributed by atoms with E-state index in [4.69, 9.17) is 5.73 Å². The minimum Gasteiger partial charge on any atom is -0.399 e. The lowest BCUT2D eigenvalue weighted by atomic mass is 10.0. The molecule has 0 spiro atoms. The lowest BCUT2D eigenvalue weighted by Gasteiger charge is -2.25. The number of carbonyl (C=O) groups is 1. The molecule has 2 aromatic rings. The molecule has 0 saturated carbocycles. The highest BCUT2D eigenvalue weighted by Gasteiger charge is 2.30. The number of halogens is 1. The fourth-order valence-electron chi connectivity index (χ4n) is 2.86. The molecule has 1 fully saturated rings. The summed E-state index contributed by atoms with van der Waals surface area (Å²) in [6.07, 6.45) is 2.05. The molecule has 2 aromatic carbocycles. The van der Waals surface area contributed by atoms with Gasteiger partial charge in [-0.05, 0) is 54.8 Å². The van der Waals surface area contributed by atoms with Crippen LogP contribution in [0.25, 0.3) is 0 Å². The first-order valence-corrected chi connectivity index (χ1v) is 7.86. The minimum atomic E-state index is 0.0810. The maximum atomic E-state index is 12.7. The summed E-state index contributed by atoms with van der Waals surface area (Å²) in [5.74, 6) is 0.0810. The lowest BCUT2D eigenvalue weighted by molar-refractivity contribution is 0.0735. The molecule has 21 heavy (non-hydrogen) atoms. The van der Waals surface area contributed by atoms with E-state index in [0.29, 0.717) is 11.3 Å². The summed E-state index contributed by atoms with van der Waals surface area (Å²) < 4.78 is 1.05. The van der Waals surface area contributed by atoms with Gasteiger partial charge >= 0.3 is 0 Å². The van der Waals surface area contributed by atoms with Crippen LogP contribution >= 0.6 is 15.9 Å². The third-order valence-corrected chi connectivity index (χ3v) is 4.40. The van der Waals surface area contributed by atoms with Gasteiger partial charge in [0.05, 0.1) is 6.04 Å². The molecular weight excluding hydrogens is 328 g/mol. The van der Waals surface area contributed by atoms with Gasteiger partial charge in [-0.3, -0.25) is 4.79 Å². The number of benzene rings is 2. The summed E-state index contributed by atoms with van der Waals surface area (Å²) >= 11 is 3.50. The van der Waals surface area contributed by atoms with Crippen LogP contribution in [0.15, 0.2) is 53.0 Å². The van der Waals surface area contributed by atoms with Crippen LogP contribution in [-0.2, 0) is 0 Å². The average molecular weight is 345 g/mol. The standard InChI is InChI=1S/C17H17BrN2O/c18-14-4-1-3-13(11-14)16-5-2-10-20(16)17(21)12-6-8-15(19)9-7-12/h1,3-4,6-9,11,16H,2,5,10,19H2. The Morgan fingerprint density at radius 2 is 1.95 bits per heavy atom. The number of hydrogen-bond donors (Lipinski definition) is 1. The highest BCUT2D eigenvalue weighted by molar-refractivity contribution is 9.10. The Hall–Kier alpha value is -1.81. The zero-order chi connectivity index (χ0) is 14.8. The second-order valence-corrected chi connectivity index (χ2v) is 6.25. The molecule has 1 atom stereocenters. The van der Waals surface area contributed by atoms with Gasteiger partial charge in [0.25, 0.3) is 5.91 Å². The highest BCUT2D eigenvalue weighted by Crippen LogP contribution is 2.34. The Morgan fingerprint density at radius 1 is 1.19 bits per heavy atom. The number of anilines is 1. The van der Waals surface area contributed by atoms with E-state index in [9.17, 15) is 4.79 Å². The van der Waals surface area contributed by atoms with Crippen molar-refractivity contribution in [2.45, 2.75) is 18.9 Å². The summed E-state index contributed by atoms with van der Waals surface area (Å²) in [6, 6.07) is 15.5. The van der Waals surface area contributed by atoms with E-state index in [2.05, 4.69) is 28.1 Å². The van der Waals surface area contributed by atoms with E-state index >= 15 is 0 Å². The monoisotopic (exact) mass is 344 g/mol. The molecule has 1 amide bonds. The molecular formula is C17H17BrN2O. The number of nitrogens with zero attached hydrogens (tertiary/aromatic N) is 1. The van der Waals surface area contributed by atoms with Crippen molar-refractivity contribution >= 4 is 27.5 Å². The van der Waals surface area contributed by atoms with Crippen molar-refractivity contribution in [3.8, 4) is 0 Å². The first kappa shape index (κ1) is 14.1. The van der Waals surface area contributed by atoms with E-state index in [1.807, 2.05) is 17.0 Å². The first-order valence-electron chi connectivity index (χ1n) is 7.07. The average Bonchev–Trinajstić information content (AvgIpc) is 2.97. The van der Waals surface area contributed by atoms with Gasteiger partial charge in [0, 0.05) is 22.3 Å². The van der Waals surface area contributed by atoms with Crippen LogP contribution in [0.2, 0.25) is 0 Å². The van der Waals surface area contributed by atoms with Crippen molar-refractivity contribution in [2.24, 2.45) is 0 Å². The Kier molecular flexibility index (Phi) is 3.97. The van der Waals surface area contributed by atoms with Crippen LogP contribution in [-0.4, -0.2) is 17.4 Å². The van der Waals surface area contributed by atoms with Gasteiger partial charge in [0.2, 0.25) is 0 Å². The van der Waals surface area contributed by atoms with Gasteiger partial charge in [-0.2, -0.15) is 0 Å². The van der Waals surface area contributed by atoms with Crippen molar-refractivity contribution in [1.82, 2.24) is 4.90 Å². The Morgan fingerprint density at radius 3 is 2.67 bits per heavy atom. The molecule has 1 unspecified atom stereocenters. The van der Waals surface area contributed by atoms with Crippen molar-refractivity contribution in [3.63, 3.8) is 0 Å². The third kappa shape index (κ3) is 2.95. The quantitative estimate of drug-likeness (QED) is 0.836. The molecule has 0 bridgehead atoms. The Labute approximate surface area is 132 Å². The van der Waals surface area contributed by atoms with E-state index in [1.54, 1.807) is 24.3 Å². The number of amides is 1. The molecule has 1 saturated heterocycles. The summed E-state index contributed by atoms with van der Waals surface area (Å²) in [4.78, 5) is 14.7. The lowest BCUT2D eigenvalue weighted by Crippen LogP contribution is -2.30. The molecule has 0 aliphatic carbocycles. The predicted octanol–water partition coefficient (Wildman–Crippen LogP) is 4.01. The summed E-state index contributed by atoms with van der Waals surface area (Å²) in [7, 11) is 0. The van der Waals surface area contributed by atoms with Crippen molar-refractivity contribution < 1.29 is 4.79 Å². The van der Waals surface area contributed by atoms with Crippen LogP contribution in [0, 0.1) is 0 Å². The van der Waals surface area contributed by atoms with E-state index in [1.165, 1.54) is 5.56 Å². The number of hydrogen-bond acceptors (Lipinski definition) is 2. The molecule has 108 valence electrons. The van der Waals surface area contributed by atoms with Crippen LogP contribution < -0.4 is 5.73 Å². The van der Waals surface area contributed by atoms with Crippen molar-refractivity contribution in [1.29, 1.82) is 0 Å². The molecule has 1 aliphatic heterocycles. The number of nitrogen functional groups attached to an aromatic ring is 1. The van der Waals surface area contributed by atoms with Gasteiger partial charge in [0.15, 0.2) is 0 Å². The smallest absolute Gasteiger partial charge is 0.254 e. The fourth-order valence-corrected chi connectivity index (χ4v) is 3.28. The largest absolute Gasteiger partial charge is 0.399 e. The van der Waals surface area contributed by atoms with Gasteiger partial charge in [-0.1, -0.05) is 28.1 Å². The molecule has 3 rings (SSSR count). The zero-order valence-corrected chi connectivity index (χ0v) is 13.2. The SMILES string of the molecule is Nc1ccc(C(=O)N2CCCC2c2cccc(Br)c2)cc1.